The topological polar surface area (TPSA) is 47.4 Å². The summed E-state index contributed by atoms with van der Waals surface area (Å²) < 4.78 is 7.53. The predicted molar refractivity (Wildman–Crippen MR) is 99.7 cm³/mol. The third-order valence-electron chi connectivity index (χ3n) is 4.59. The van der Waals surface area contributed by atoms with Gasteiger partial charge in [-0.05, 0) is 25.8 Å². The van der Waals surface area contributed by atoms with Crippen LogP contribution in [0.1, 0.15) is 25.3 Å². The van der Waals surface area contributed by atoms with Crippen molar-refractivity contribution >= 4 is 13.9 Å². The zero-order valence-corrected chi connectivity index (χ0v) is 16.9. The lowest BCUT2D eigenvalue weighted by Gasteiger charge is -2.19. The Hall–Kier alpha value is -1.40. The minimum absolute atomic E-state index is 0.218. The summed E-state index contributed by atoms with van der Waals surface area (Å²) in [5.41, 5.74) is 1.43. The first-order chi connectivity index (χ1) is 11.1. The van der Waals surface area contributed by atoms with Crippen molar-refractivity contribution in [3.05, 3.63) is 29.7 Å². The fraction of sp³-hybridized carbons (Fsp3) is 0.667. The van der Waals surface area contributed by atoms with Crippen LogP contribution in [0.4, 0.5) is 0 Å². The molecule has 1 atom stereocenters. The van der Waals surface area contributed by atoms with E-state index >= 15 is 0 Å². The molecule has 0 spiro atoms. The van der Waals surface area contributed by atoms with Gasteiger partial charge in [0.25, 0.3) is 0 Å². The van der Waals surface area contributed by atoms with E-state index in [0.717, 1.165) is 36.6 Å². The fourth-order valence-corrected chi connectivity index (χ4v) is 3.69. The van der Waals surface area contributed by atoms with Gasteiger partial charge < -0.3 is 9.64 Å². The number of Topliss-reactive ketones (excluding diaryl/α,β-unsaturated/α-hetero) is 1. The Morgan fingerprint density at radius 2 is 2.12 bits per heavy atom. The first kappa shape index (κ1) is 18.9. The third-order valence-corrected chi connectivity index (χ3v) is 6.30. The summed E-state index contributed by atoms with van der Waals surface area (Å²) in [7, 11) is 2.84. The lowest BCUT2D eigenvalue weighted by Crippen LogP contribution is -2.27. The van der Waals surface area contributed by atoms with E-state index in [9.17, 15) is 4.79 Å². The SMILES string of the molecule is CN(C)C=C1CCC(C)(c2cnn(COCC[Si](C)(C)C)c2)C1=O. The molecule has 1 aliphatic rings. The lowest BCUT2D eigenvalue weighted by molar-refractivity contribution is -0.118. The summed E-state index contributed by atoms with van der Waals surface area (Å²) in [6.45, 7) is 10.3. The van der Waals surface area contributed by atoms with Gasteiger partial charge in [-0.25, -0.2) is 4.68 Å². The molecule has 0 amide bonds. The van der Waals surface area contributed by atoms with Crippen LogP contribution in [0.5, 0.6) is 0 Å². The molecule has 1 unspecified atom stereocenters. The van der Waals surface area contributed by atoms with E-state index in [-0.39, 0.29) is 5.78 Å². The van der Waals surface area contributed by atoms with Gasteiger partial charge in [0, 0.05) is 52.3 Å². The summed E-state index contributed by atoms with van der Waals surface area (Å²) in [6.07, 6.45) is 7.39. The Balaban J connectivity index is 1.99. The molecule has 1 aliphatic carbocycles. The Morgan fingerprint density at radius 3 is 2.75 bits per heavy atom. The van der Waals surface area contributed by atoms with E-state index in [1.807, 2.05) is 44.5 Å². The van der Waals surface area contributed by atoms with Gasteiger partial charge in [-0.3, -0.25) is 4.79 Å². The molecule has 134 valence electrons. The fourth-order valence-electron chi connectivity index (χ4n) is 2.93. The molecular weight excluding hydrogens is 318 g/mol. The first-order valence-electron chi connectivity index (χ1n) is 8.64. The monoisotopic (exact) mass is 349 g/mol. The van der Waals surface area contributed by atoms with Gasteiger partial charge in [0.05, 0.1) is 11.6 Å². The standard InChI is InChI=1S/C18H31N3O2Si/c1-18(8-7-15(17(18)22)12-20(2)3)16-11-19-21(13-16)14-23-9-10-24(4,5)6/h11-13H,7-10,14H2,1-6H3. The molecule has 0 aromatic carbocycles. The zero-order valence-electron chi connectivity index (χ0n) is 15.9. The van der Waals surface area contributed by atoms with Gasteiger partial charge in [0.2, 0.25) is 0 Å². The molecular formula is C18H31N3O2Si. The van der Waals surface area contributed by atoms with Crippen LogP contribution in [0.25, 0.3) is 0 Å². The van der Waals surface area contributed by atoms with Crippen LogP contribution in [0, 0.1) is 0 Å². The Kier molecular flexibility index (Phi) is 5.70. The molecule has 1 saturated carbocycles. The number of carbonyl (C=O) groups is 1. The maximum absolute atomic E-state index is 12.8. The molecule has 24 heavy (non-hydrogen) atoms. The number of allylic oxidation sites excluding steroid dienone is 1. The van der Waals surface area contributed by atoms with Gasteiger partial charge in [0.15, 0.2) is 5.78 Å². The van der Waals surface area contributed by atoms with E-state index in [2.05, 4.69) is 24.7 Å². The molecule has 0 bridgehead atoms. The second kappa shape index (κ2) is 7.23. The smallest absolute Gasteiger partial charge is 0.170 e. The molecule has 5 nitrogen and oxygen atoms in total. The summed E-state index contributed by atoms with van der Waals surface area (Å²) in [6, 6.07) is 1.15. The van der Waals surface area contributed by atoms with Gasteiger partial charge in [0.1, 0.15) is 6.73 Å². The second-order valence-corrected chi connectivity index (χ2v) is 14.0. The minimum atomic E-state index is -1.06. The van der Waals surface area contributed by atoms with Crippen molar-refractivity contribution < 1.29 is 9.53 Å². The number of ketones is 1. The van der Waals surface area contributed by atoms with E-state index in [1.165, 1.54) is 0 Å². The van der Waals surface area contributed by atoms with Crippen LogP contribution in [0.15, 0.2) is 24.2 Å². The molecule has 0 radical (unpaired) electrons. The molecule has 2 rings (SSSR count). The van der Waals surface area contributed by atoms with E-state index in [1.54, 1.807) is 4.68 Å². The largest absolute Gasteiger partial charge is 0.383 e. The van der Waals surface area contributed by atoms with Gasteiger partial charge >= 0.3 is 0 Å². The van der Waals surface area contributed by atoms with Crippen molar-refractivity contribution in [1.82, 2.24) is 14.7 Å². The quantitative estimate of drug-likeness (QED) is 0.431. The highest BCUT2D eigenvalue weighted by molar-refractivity contribution is 6.76. The molecule has 6 heteroatoms. The van der Waals surface area contributed by atoms with Crippen molar-refractivity contribution in [3.8, 4) is 0 Å². The van der Waals surface area contributed by atoms with Crippen LogP contribution in [-0.2, 0) is 21.7 Å². The number of carbonyl (C=O) groups excluding carboxylic acids is 1. The average molecular weight is 350 g/mol. The number of hydrogen-bond donors (Lipinski definition) is 0. The molecule has 1 aromatic heterocycles. The normalized spacial score (nSPS) is 23.2. The Labute approximate surface area is 146 Å². The maximum Gasteiger partial charge on any atom is 0.170 e. The van der Waals surface area contributed by atoms with Crippen molar-refractivity contribution in [3.63, 3.8) is 0 Å². The zero-order chi connectivity index (χ0) is 18.0. The van der Waals surface area contributed by atoms with Gasteiger partial charge in [-0.1, -0.05) is 19.6 Å². The van der Waals surface area contributed by atoms with Gasteiger partial charge in [-0.2, -0.15) is 5.10 Å². The molecule has 1 heterocycles. The minimum Gasteiger partial charge on any atom is -0.383 e. The third kappa shape index (κ3) is 4.57. The average Bonchev–Trinajstić information content (AvgIpc) is 3.04. The van der Waals surface area contributed by atoms with Crippen molar-refractivity contribution in [2.24, 2.45) is 0 Å². The van der Waals surface area contributed by atoms with Gasteiger partial charge in [-0.15, -0.1) is 0 Å². The van der Waals surface area contributed by atoms with E-state index < -0.39 is 13.5 Å². The molecule has 1 aromatic rings. The Morgan fingerprint density at radius 1 is 1.42 bits per heavy atom. The number of ether oxygens (including phenoxy) is 1. The number of rotatable bonds is 7. The molecule has 0 saturated heterocycles. The highest BCUT2D eigenvalue weighted by atomic mass is 28.3. The highest BCUT2D eigenvalue weighted by Gasteiger charge is 2.43. The van der Waals surface area contributed by atoms with Crippen LogP contribution in [0.2, 0.25) is 25.7 Å². The highest BCUT2D eigenvalue weighted by Crippen LogP contribution is 2.40. The first-order valence-corrected chi connectivity index (χ1v) is 12.4. The molecule has 1 fully saturated rings. The number of hydrogen-bond acceptors (Lipinski definition) is 4. The molecule has 0 N–H and O–H groups in total. The summed E-state index contributed by atoms with van der Waals surface area (Å²) in [5, 5.41) is 4.38. The summed E-state index contributed by atoms with van der Waals surface area (Å²) in [4.78, 5) is 14.7. The molecule has 0 aliphatic heterocycles. The summed E-state index contributed by atoms with van der Waals surface area (Å²) >= 11 is 0. The van der Waals surface area contributed by atoms with Crippen LogP contribution < -0.4 is 0 Å². The van der Waals surface area contributed by atoms with Crippen molar-refractivity contribution in [2.75, 3.05) is 20.7 Å². The van der Waals surface area contributed by atoms with E-state index in [0.29, 0.717) is 6.73 Å². The Bertz CT molecular complexity index is 616. The lowest BCUT2D eigenvalue weighted by atomic mass is 9.81. The number of aromatic nitrogens is 2. The van der Waals surface area contributed by atoms with Crippen molar-refractivity contribution in [2.45, 2.75) is 57.6 Å². The van der Waals surface area contributed by atoms with Crippen molar-refractivity contribution in [1.29, 1.82) is 0 Å². The van der Waals surface area contributed by atoms with E-state index in [4.69, 9.17) is 4.74 Å². The van der Waals surface area contributed by atoms with Crippen LogP contribution >= 0.6 is 0 Å². The maximum atomic E-state index is 12.8. The number of nitrogens with zero attached hydrogens (tertiary/aromatic N) is 3. The van der Waals surface area contributed by atoms with Crippen LogP contribution in [0.3, 0.4) is 0 Å². The van der Waals surface area contributed by atoms with Crippen LogP contribution in [-0.4, -0.2) is 49.2 Å². The second-order valence-electron chi connectivity index (χ2n) is 8.40. The summed E-state index contributed by atoms with van der Waals surface area (Å²) in [5.74, 6) is 0.218. The predicted octanol–water partition coefficient (Wildman–Crippen LogP) is 3.26.